The van der Waals surface area contributed by atoms with Gasteiger partial charge in [-0.05, 0) is 50.3 Å². The first-order chi connectivity index (χ1) is 16.1. The molecule has 2 aliphatic heterocycles. The first-order valence-corrected chi connectivity index (χ1v) is 11.3. The van der Waals surface area contributed by atoms with E-state index in [1.165, 1.54) is 25.1 Å². The summed E-state index contributed by atoms with van der Waals surface area (Å²) in [5.74, 6) is 1.74. The van der Waals surface area contributed by atoms with Gasteiger partial charge in [-0.1, -0.05) is 0 Å². The Kier molecular flexibility index (Phi) is 4.81. The predicted molar refractivity (Wildman–Crippen MR) is 121 cm³/mol. The predicted octanol–water partition coefficient (Wildman–Crippen LogP) is 2.81. The third-order valence-electron chi connectivity index (χ3n) is 6.30. The fourth-order valence-corrected chi connectivity index (χ4v) is 4.41. The topological polar surface area (TPSA) is 116 Å². The summed E-state index contributed by atoms with van der Waals surface area (Å²) in [6.45, 7) is 0.672. The van der Waals surface area contributed by atoms with E-state index < -0.39 is 12.0 Å². The van der Waals surface area contributed by atoms with Gasteiger partial charge in [0.15, 0.2) is 11.6 Å². The number of aliphatic imine (C=N–C) groups is 1. The molecule has 0 bridgehead atoms. The second-order valence-corrected chi connectivity index (χ2v) is 8.71. The molecule has 2 unspecified atom stereocenters. The number of nitrogens with one attached hydrogen (secondary N) is 3. The highest BCUT2D eigenvalue weighted by atomic mass is 19.1. The Balaban J connectivity index is 1.24. The minimum atomic E-state index is -0.516. The molecule has 0 aromatic carbocycles. The van der Waals surface area contributed by atoms with Crippen LogP contribution in [0.4, 0.5) is 22.0 Å². The van der Waals surface area contributed by atoms with Crippen molar-refractivity contribution in [3.8, 4) is 0 Å². The first kappa shape index (κ1) is 19.9. The molecule has 6 rings (SSSR count). The average molecular weight is 449 g/mol. The maximum atomic E-state index is 13.1. The number of rotatable bonds is 6. The molecule has 2 fully saturated rings. The molecule has 1 aliphatic carbocycles. The highest BCUT2D eigenvalue weighted by molar-refractivity contribution is 5.88. The molecule has 1 saturated carbocycles. The Labute approximate surface area is 189 Å². The maximum absolute atomic E-state index is 13.1. The van der Waals surface area contributed by atoms with Gasteiger partial charge in [0.05, 0.1) is 6.04 Å². The lowest BCUT2D eigenvalue weighted by Crippen LogP contribution is -2.48. The zero-order chi connectivity index (χ0) is 22.4. The second-order valence-electron chi connectivity index (χ2n) is 8.71. The lowest BCUT2D eigenvalue weighted by atomic mass is 10.1. The Morgan fingerprint density at radius 2 is 2.18 bits per heavy atom. The molecule has 11 heteroatoms. The molecule has 3 aromatic heterocycles. The maximum Gasteiger partial charge on any atom is 0.246 e. The number of hydrogen-bond acceptors (Lipinski definition) is 7. The van der Waals surface area contributed by atoms with Crippen molar-refractivity contribution >= 4 is 35.2 Å². The Morgan fingerprint density at radius 1 is 1.27 bits per heavy atom. The number of halogens is 1. The van der Waals surface area contributed by atoms with Crippen LogP contribution >= 0.6 is 0 Å². The van der Waals surface area contributed by atoms with E-state index in [1.54, 1.807) is 4.52 Å². The van der Waals surface area contributed by atoms with Crippen LogP contribution < -0.4 is 15.5 Å². The molecule has 2 atom stereocenters. The Morgan fingerprint density at radius 3 is 3.00 bits per heavy atom. The molecular formula is C22H24FN9O. The van der Waals surface area contributed by atoms with Crippen molar-refractivity contribution < 1.29 is 9.18 Å². The van der Waals surface area contributed by atoms with Crippen molar-refractivity contribution in [2.45, 2.75) is 50.1 Å². The van der Waals surface area contributed by atoms with Crippen LogP contribution in [0.3, 0.4) is 0 Å². The van der Waals surface area contributed by atoms with E-state index in [0.717, 1.165) is 17.6 Å². The summed E-state index contributed by atoms with van der Waals surface area (Å²) in [5, 5.41) is 18.4. The van der Waals surface area contributed by atoms with Crippen LogP contribution in [0.15, 0.2) is 41.4 Å². The van der Waals surface area contributed by atoms with Crippen LogP contribution in [-0.4, -0.2) is 55.5 Å². The van der Waals surface area contributed by atoms with Crippen molar-refractivity contribution in [2.75, 3.05) is 16.8 Å². The van der Waals surface area contributed by atoms with Gasteiger partial charge in [0.1, 0.15) is 11.6 Å². The minimum Gasteiger partial charge on any atom is -0.346 e. The number of hydrogen-bond donors (Lipinski definition) is 3. The molecule has 3 N–H and O–H groups in total. The van der Waals surface area contributed by atoms with Crippen LogP contribution in [0.5, 0.6) is 0 Å². The number of amides is 1. The zero-order valence-electron chi connectivity index (χ0n) is 17.9. The quantitative estimate of drug-likeness (QED) is 0.499. The van der Waals surface area contributed by atoms with E-state index >= 15 is 0 Å². The van der Waals surface area contributed by atoms with Gasteiger partial charge < -0.3 is 15.5 Å². The van der Waals surface area contributed by atoms with E-state index in [2.05, 4.69) is 30.9 Å². The summed E-state index contributed by atoms with van der Waals surface area (Å²) in [5.41, 5.74) is 1.96. The second kappa shape index (κ2) is 7.98. The van der Waals surface area contributed by atoms with Crippen molar-refractivity contribution in [3.05, 3.63) is 42.1 Å². The third kappa shape index (κ3) is 3.94. The van der Waals surface area contributed by atoms with Gasteiger partial charge in [0.2, 0.25) is 17.8 Å². The Bertz CT molecular complexity index is 1260. The lowest BCUT2D eigenvalue weighted by molar-refractivity contribution is -0.122. The number of carbonyl (C=O) groups excluding carboxylic acids is 1. The summed E-state index contributed by atoms with van der Waals surface area (Å²) >= 11 is 0. The van der Waals surface area contributed by atoms with Crippen LogP contribution in [-0.2, 0) is 4.79 Å². The lowest BCUT2D eigenvalue weighted by Gasteiger charge is -2.26. The summed E-state index contributed by atoms with van der Waals surface area (Å²) in [7, 11) is 0. The van der Waals surface area contributed by atoms with Crippen molar-refractivity contribution in [1.29, 1.82) is 0 Å². The highest BCUT2D eigenvalue weighted by Crippen LogP contribution is 2.39. The summed E-state index contributed by atoms with van der Waals surface area (Å²) in [6.07, 6.45) is 9.00. The molecule has 170 valence electrons. The number of carbonyl (C=O) groups is 1. The van der Waals surface area contributed by atoms with Gasteiger partial charge in [-0.25, -0.2) is 9.51 Å². The largest absolute Gasteiger partial charge is 0.346 e. The van der Waals surface area contributed by atoms with Crippen LogP contribution in [0, 0.1) is 0 Å². The van der Waals surface area contributed by atoms with E-state index in [1.807, 2.05) is 29.3 Å². The fourth-order valence-electron chi connectivity index (χ4n) is 4.41. The molecule has 1 saturated heterocycles. The van der Waals surface area contributed by atoms with E-state index in [4.69, 9.17) is 4.98 Å². The molecular weight excluding hydrogens is 425 g/mol. The number of aromatic amines is 1. The van der Waals surface area contributed by atoms with Crippen molar-refractivity contribution in [2.24, 2.45) is 4.99 Å². The average Bonchev–Trinajstić information content (AvgIpc) is 3.20. The monoisotopic (exact) mass is 449 g/mol. The first-order valence-electron chi connectivity index (χ1n) is 11.3. The van der Waals surface area contributed by atoms with Gasteiger partial charge in [-0.3, -0.25) is 9.89 Å². The molecule has 33 heavy (non-hydrogen) atoms. The normalized spacial score (nSPS) is 22.6. The van der Waals surface area contributed by atoms with Crippen LogP contribution in [0.2, 0.25) is 0 Å². The van der Waals surface area contributed by atoms with Crippen molar-refractivity contribution in [3.63, 3.8) is 0 Å². The van der Waals surface area contributed by atoms with E-state index in [0.29, 0.717) is 42.9 Å². The van der Waals surface area contributed by atoms with Crippen LogP contribution in [0.1, 0.15) is 43.7 Å². The highest BCUT2D eigenvalue weighted by Gasteiger charge is 2.34. The Hall–Kier alpha value is -3.76. The summed E-state index contributed by atoms with van der Waals surface area (Å²) in [6, 6.07) is 5.15. The fraction of sp³-hybridized carbons (Fsp3) is 0.409. The van der Waals surface area contributed by atoms with Gasteiger partial charge >= 0.3 is 0 Å². The summed E-state index contributed by atoms with van der Waals surface area (Å²) < 4.78 is 14.9. The smallest absolute Gasteiger partial charge is 0.246 e. The molecule has 0 radical (unpaired) electrons. The van der Waals surface area contributed by atoms with Crippen molar-refractivity contribution in [1.82, 2.24) is 30.1 Å². The molecule has 10 nitrogen and oxygen atoms in total. The zero-order valence-corrected chi connectivity index (χ0v) is 17.9. The SMILES string of the molecule is O=C(NC1C=NC(F)=CC1)C1CCCN1c1nc(Nc2cc(C3CC3)[nH]n2)c2cccn2n1. The van der Waals surface area contributed by atoms with Gasteiger partial charge in [0, 0.05) is 36.6 Å². The number of aromatic nitrogens is 5. The molecule has 1 amide bonds. The molecule has 5 heterocycles. The third-order valence-corrected chi connectivity index (χ3v) is 6.30. The minimum absolute atomic E-state index is 0.133. The van der Waals surface area contributed by atoms with Crippen LogP contribution in [0.25, 0.3) is 5.52 Å². The van der Waals surface area contributed by atoms with Gasteiger partial charge in [-0.15, -0.1) is 5.10 Å². The van der Waals surface area contributed by atoms with Gasteiger partial charge in [0.25, 0.3) is 0 Å². The van der Waals surface area contributed by atoms with E-state index in [9.17, 15) is 9.18 Å². The van der Waals surface area contributed by atoms with E-state index in [-0.39, 0.29) is 11.9 Å². The number of anilines is 3. The number of H-pyrrole nitrogens is 1. The molecule has 3 aromatic rings. The molecule has 3 aliphatic rings. The number of nitrogens with zero attached hydrogens (tertiary/aromatic N) is 6. The molecule has 0 spiro atoms. The van der Waals surface area contributed by atoms with Gasteiger partial charge in [-0.2, -0.15) is 14.5 Å². The standard InChI is InChI=1S/C22H24FN9O/c23-18-8-7-14(12-24-18)25-21(33)17-4-1-9-31(17)22-27-20(16-3-2-10-32(16)30-22)26-19-11-15(28-29-19)13-5-6-13/h2-3,8,10-14,17H,1,4-7,9H2,(H,25,33)(H2,26,27,28,29,30). The summed E-state index contributed by atoms with van der Waals surface area (Å²) in [4.78, 5) is 23.4. The number of fused-ring (bicyclic) bond motifs is 1.